The van der Waals surface area contributed by atoms with Crippen molar-refractivity contribution in [3.05, 3.63) is 84.9 Å². The topological polar surface area (TPSA) is 6.48 Å². The number of hydrogen-bond donors (Lipinski definition) is 0. The van der Waals surface area contributed by atoms with Crippen molar-refractivity contribution in [2.24, 2.45) is 0 Å². The molecule has 3 rings (SSSR count). The molecular weight excluding hydrogens is 268 g/mol. The van der Waals surface area contributed by atoms with Gasteiger partial charge in [-0.1, -0.05) is 36.4 Å². The van der Waals surface area contributed by atoms with Crippen LogP contribution in [0.2, 0.25) is 0 Å². The number of rotatable bonds is 4. The van der Waals surface area contributed by atoms with Gasteiger partial charge in [0, 0.05) is 36.8 Å². The van der Waals surface area contributed by atoms with Crippen LogP contribution in [0.5, 0.6) is 0 Å². The van der Waals surface area contributed by atoms with E-state index in [9.17, 15) is 0 Å². The Bertz CT molecular complexity index is 664. The number of hydrogen-bond acceptors (Lipinski definition) is 2. The van der Waals surface area contributed by atoms with Gasteiger partial charge in [0.1, 0.15) is 0 Å². The minimum Gasteiger partial charge on any atom is -0.378 e. The SMILES string of the molecule is CN(C)c1ccc(N(c2ccccc2)c2ccccc2)cc1. The first-order valence-corrected chi connectivity index (χ1v) is 7.43. The maximum Gasteiger partial charge on any atom is 0.0463 e. The predicted octanol–water partition coefficient (Wildman–Crippen LogP) is 5.22. The van der Waals surface area contributed by atoms with Crippen LogP contribution >= 0.6 is 0 Å². The normalized spacial score (nSPS) is 10.3. The lowest BCUT2D eigenvalue weighted by Gasteiger charge is -2.26. The summed E-state index contributed by atoms with van der Waals surface area (Å²) in [5.74, 6) is 0. The summed E-state index contributed by atoms with van der Waals surface area (Å²) in [5, 5.41) is 0. The van der Waals surface area contributed by atoms with Crippen LogP contribution in [0, 0.1) is 0 Å². The minimum absolute atomic E-state index is 1.16. The lowest BCUT2D eigenvalue weighted by atomic mass is 10.2. The Hall–Kier alpha value is -2.74. The zero-order chi connectivity index (χ0) is 15.4. The fourth-order valence-corrected chi connectivity index (χ4v) is 2.50. The Morgan fingerprint density at radius 1 is 0.455 bits per heavy atom. The van der Waals surface area contributed by atoms with E-state index in [-0.39, 0.29) is 0 Å². The molecular formula is C20H20N2. The summed E-state index contributed by atoms with van der Waals surface area (Å²) in [4.78, 5) is 4.37. The van der Waals surface area contributed by atoms with E-state index in [0.29, 0.717) is 0 Å². The summed E-state index contributed by atoms with van der Waals surface area (Å²) in [6.07, 6.45) is 0. The fraction of sp³-hybridized carbons (Fsp3) is 0.100. The first kappa shape index (κ1) is 14.2. The molecule has 3 aromatic carbocycles. The van der Waals surface area contributed by atoms with Crippen molar-refractivity contribution in [2.75, 3.05) is 23.9 Å². The third kappa shape index (κ3) is 2.96. The summed E-state index contributed by atoms with van der Waals surface area (Å²) in [7, 11) is 4.11. The van der Waals surface area contributed by atoms with Crippen LogP contribution in [-0.4, -0.2) is 14.1 Å². The molecule has 0 spiro atoms. The van der Waals surface area contributed by atoms with Crippen LogP contribution in [0.25, 0.3) is 0 Å². The highest BCUT2D eigenvalue weighted by atomic mass is 15.1. The Balaban J connectivity index is 2.06. The molecule has 0 aliphatic heterocycles. The standard InChI is InChI=1S/C20H20N2/c1-21(2)17-13-15-20(16-14-17)22(18-9-5-3-6-10-18)19-11-7-4-8-12-19/h3-16H,1-2H3. The maximum atomic E-state index is 2.26. The second kappa shape index (κ2) is 6.35. The van der Waals surface area contributed by atoms with Crippen LogP contribution in [0.4, 0.5) is 22.7 Å². The van der Waals surface area contributed by atoms with E-state index >= 15 is 0 Å². The lowest BCUT2D eigenvalue weighted by molar-refractivity contribution is 1.13. The van der Waals surface area contributed by atoms with Gasteiger partial charge in [-0.05, 0) is 48.5 Å². The van der Waals surface area contributed by atoms with E-state index in [0.717, 1.165) is 17.1 Å². The molecule has 0 bridgehead atoms. The molecule has 0 saturated carbocycles. The molecule has 0 heterocycles. The van der Waals surface area contributed by atoms with Gasteiger partial charge in [-0.15, -0.1) is 0 Å². The first-order valence-electron chi connectivity index (χ1n) is 7.43. The molecule has 0 amide bonds. The molecule has 0 radical (unpaired) electrons. The lowest BCUT2D eigenvalue weighted by Crippen LogP contribution is -2.11. The highest BCUT2D eigenvalue weighted by Crippen LogP contribution is 2.34. The Morgan fingerprint density at radius 3 is 1.23 bits per heavy atom. The second-order valence-corrected chi connectivity index (χ2v) is 5.42. The van der Waals surface area contributed by atoms with Crippen LogP contribution in [0.15, 0.2) is 84.9 Å². The quantitative estimate of drug-likeness (QED) is 0.649. The largest absolute Gasteiger partial charge is 0.378 e. The summed E-state index contributed by atoms with van der Waals surface area (Å²) in [6, 6.07) is 29.5. The number of para-hydroxylation sites is 2. The van der Waals surface area contributed by atoms with Gasteiger partial charge in [0.2, 0.25) is 0 Å². The van der Waals surface area contributed by atoms with E-state index < -0.39 is 0 Å². The molecule has 2 heteroatoms. The molecule has 0 aliphatic rings. The van der Waals surface area contributed by atoms with Gasteiger partial charge in [0.15, 0.2) is 0 Å². The van der Waals surface area contributed by atoms with Gasteiger partial charge in [-0.25, -0.2) is 0 Å². The van der Waals surface area contributed by atoms with Gasteiger partial charge in [-0.3, -0.25) is 0 Å². The van der Waals surface area contributed by atoms with E-state index in [2.05, 4.69) is 96.7 Å². The molecule has 110 valence electrons. The zero-order valence-corrected chi connectivity index (χ0v) is 13.0. The molecule has 0 atom stereocenters. The van der Waals surface area contributed by atoms with Gasteiger partial charge < -0.3 is 9.80 Å². The summed E-state index contributed by atoms with van der Waals surface area (Å²) in [5.41, 5.74) is 4.67. The second-order valence-electron chi connectivity index (χ2n) is 5.42. The highest BCUT2D eigenvalue weighted by Gasteiger charge is 2.11. The smallest absolute Gasteiger partial charge is 0.0463 e. The van der Waals surface area contributed by atoms with Crippen LogP contribution in [-0.2, 0) is 0 Å². The number of nitrogens with zero attached hydrogens (tertiary/aromatic N) is 2. The molecule has 22 heavy (non-hydrogen) atoms. The van der Waals surface area contributed by atoms with E-state index in [4.69, 9.17) is 0 Å². The van der Waals surface area contributed by atoms with E-state index in [1.807, 2.05) is 12.1 Å². The monoisotopic (exact) mass is 288 g/mol. The third-order valence-corrected chi connectivity index (χ3v) is 3.65. The van der Waals surface area contributed by atoms with Crippen molar-refractivity contribution in [2.45, 2.75) is 0 Å². The van der Waals surface area contributed by atoms with Crippen molar-refractivity contribution < 1.29 is 0 Å². The third-order valence-electron chi connectivity index (χ3n) is 3.65. The van der Waals surface area contributed by atoms with Crippen LogP contribution < -0.4 is 9.80 Å². The van der Waals surface area contributed by atoms with Gasteiger partial charge in [0.05, 0.1) is 0 Å². The molecule has 0 unspecified atom stereocenters. The van der Waals surface area contributed by atoms with Crippen molar-refractivity contribution in [3.63, 3.8) is 0 Å². The Morgan fingerprint density at radius 2 is 0.818 bits per heavy atom. The molecule has 0 fully saturated rings. The van der Waals surface area contributed by atoms with Gasteiger partial charge >= 0.3 is 0 Å². The van der Waals surface area contributed by atoms with Gasteiger partial charge in [-0.2, -0.15) is 0 Å². The summed E-state index contributed by atoms with van der Waals surface area (Å²) < 4.78 is 0. The minimum atomic E-state index is 1.16. The summed E-state index contributed by atoms with van der Waals surface area (Å²) >= 11 is 0. The van der Waals surface area contributed by atoms with Gasteiger partial charge in [0.25, 0.3) is 0 Å². The zero-order valence-electron chi connectivity index (χ0n) is 13.0. The summed E-state index contributed by atoms with van der Waals surface area (Å²) in [6.45, 7) is 0. The van der Waals surface area contributed by atoms with Crippen molar-refractivity contribution >= 4 is 22.7 Å². The van der Waals surface area contributed by atoms with E-state index in [1.165, 1.54) is 5.69 Å². The predicted molar refractivity (Wildman–Crippen MR) is 95.5 cm³/mol. The molecule has 0 N–H and O–H groups in total. The average molecular weight is 288 g/mol. The van der Waals surface area contributed by atoms with Crippen LogP contribution in [0.3, 0.4) is 0 Å². The van der Waals surface area contributed by atoms with E-state index in [1.54, 1.807) is 0 Å². The Kier molecular flexibility index (Phi) is 4.10. The van der Waals surface area contributed by atoms with Crippen molar-refractivity contribution in [1.29, 1.82) is 0 Å². The fourth-order valence-electron chi connectivity index (χ4n) is 2.50. The molecule has 3 aromatic rings. The van der Waals surface area contributed by atoms with Crippen molar-refractivity contribution in [1.82, 2.24) is 0 Å². The number of benzene rings is 3. The first-order chi connectivity index (χ1) is 10.8. The average Bonchev–Trinajstić information content (AvgIpc) is 2.57. The maximum absolute atomic E-state index is 2.26. The molecule has 0 aliphatic carbocycles. The Labute approximate surface area is 132 Å². The van der Waals surface area contributed by atoms with Crippen LogP contribution in [0.1, 0.15) is 0 Å². The number of anilines is 4. The molecule has 0 saturated heterocycles. The highest BCUT2D eigenvalue weighted by molar-refractivity contribution is 5.77. The van der Waals surface area contributed by atoms with Crippen molar-refractivity contribution in [3.8, 4) is 0 Å². The molecule has 0 aromatic heterocycles. The molecule has 2 nitrogen and oxygen atoms in total.